The fourth-order valence-corrected chi connectivity index (χ4v) is 8.64. The van der Waals surface area contributed by atoms with E-state index in [2.05, 4.69) is 13.2 Å². The van der Waals surface area contributed by atoms with Gasteiger partial charge in [-0.1, -0.05) is 25.5 Å². The fraction of sp³-hybridized carbons (Fsp3) is 0.750. The van der Waals surface area contributed by atoms with Crippen molar-refractivity contribution in [3.8, 4) is 0 Å². The summed E-state index contributed by atoms with van der Waals surface area (Å²) in [4.78, 5) is 24.7. The van der Waals surface area contributed by atoms with Crippen LogP contribution in [0.1, 0.15) is 52.9 Å². The van der Waals surface area contributed by atoms with Crippen LogP contribution < -0.4 is 0 Å². The number of halogens is 1. The van der Waals surface area contributed by atoms with Crippen LogP contribution >= 0.6 is 23.5 Å². The number of fused-ring (bicyclic) bond motifs is 5. The van der Waals surface area contributed by atoms with Gasteiger partial charge >= 0.3 is 5.97 Å². The summed E-state index contributed by atoms with van der Waals surface area (Å²) in [6.45, 7) is 6.21. The maximum Gasteiger partial charge on any atom is 0.316 e. The zero-order valence-electron chi connectivity index (χ0n) is 18.4. The smallest absolute Gasteiger partial charge is 0.316 e. The zero-order valence-corrected chi connectivity index (χ0v) is 20.0. The van der Waals surface area contributed by atoms with Crippen molar-refractivity contribution >= 4 is 35.3 Å². The molecule has 0 aromatic heterocycles. The molecule has 4 rings (SSSR count). The van der Waals surface area contributed by atoms with E-state index in [4.69, 9.17) is 4.74 Å². The van der Waals surface area contributed by atoms with Crippen molar-refractivity contribution in [2.75, 3.05) is 17.8 Å². The standard InChI is InChI=1S/C24H33FO3S2/c1-5-30-14-21(27)28-19-13-22(2)17(8-9-20(22)29-4)18-7-6-15-12-16(26)10-11-23(15,3)24(18,19)25/h10-12,17-20H,5-9,13-14H2,1-4H3/t17-,18-,19-,20?,22-,23-,24?/m0/s1. The topological polar surface area (TPSA) is 43.4 Å². The lowest BCUT2D eigenvalue weighted by atomic mass is 9.46. The molecule has 0 amide bonds. The minimum Gasteiger partial charge on any atom is -0.458 e. The van der Waals surface area contributed by atoms with Crippen molar-refractivity contribution in [3.05, 3.63) is 23.8 Å². The van der Waals surface area contributed by atoms with E-state index in [1.54, 1.807) is 12.2 Å². The largest absolute Gasteiger partial charge is 0.458 e. The molecule has 0 aromatic rings. The van der Waals surface area contributed by atoms with Gasteiger partial charge in [0.15, 0.2) is 11.5 Å². The molecule has 0 aromatic carbocycles. The van der Waals surface area contributed by atoms with E-state index >= 15 is 4.39 Å². The normalized spacial score (nSPS) is 44.7. The number of carbonyl (C=O) groups excluding carboxylic acids is 2. The molecule has 0 N–H and O–H groups in total. The van der Waals surface area contributed by atoms with E-state index < -0.39 is 17.2 Å². The second-order valence-electron chi connectivity index (χ2n) is 9.75. The molecule has 30 heavy (non-hydrogen) atoms. The van der Waals surface area contributed by atoms with Gasteiger partial charge in [0.2, 0.25) is 0 Å². The Labute approximate surface area is 188 Å². The Kier molecular flexibility index (Phi) is 5.98. The first-order chi connectivity index (χ1) is 14.2. The highest BCUT2D eigenvalue weighted by Crippen LogP contribution is 2.69. The molecule has 6 heteroatoms. The Hall–Kier alpha value is -0.750. The van der Waals surface area contributed by atoms with Gasteiger partial charge in [0.1, 0.15) is 6.10 Å². The lowest BCUT2D eigenvalue weighted by molar-refractivity contribution is -0.208. The number of ketones is 1. The monoisotopic (exact) mass is 452 g/mol. The molecule has 0 radical (unpaired) electrons. The van der Waals surface area contributed by atoms with Crippen molar-refractivity contribution in [1.82, 2.24) is 0 Å². The highest BCUT2D eigenvalue weighted by atomic mass is 32.2. The van der Waals surface area contributed by atoms with Gasteiger partial charge in [-0.3, -0.25) is 9.59 Å². The van der Waals surface area contributed by atoms with Gasteiger partial charge in [0.05, 0.1) is 5.75 Å². The number of carbonyl (C=O) groups is 2. The summed E-state index contributed by atoms with van der Waals surface area (Å²) < 4.78 is 23.5. The summed E-state index contributed by atoms with van der Waals surface area (Å²) in [6, 6.07) is 0. The van der Waals surface area contributed by atoms with Crippen LogP contribution in [-0.4, -0.2) is 46.5 Å². The minimum atomic E-state index is -1.68. The van der Waals surface area contributed by atoms with Gasteiger partial charge in [-0.15, -0.1) is 0 Å². The highest BCUT2D eigenvalue weighted by molar-refractivity contribution is 7.99. The first kappa shape index (κ1) is 22.4. The Balaban J connectivity index is 1.77. The van der Waals surface area contributed by atoms with Crippen molar-refractivity contribution in [3.63, 3.8) is 0 Å². The fourth-order valence-electron chi connectivity index (χ4n) is 7.02. The molecular weight excluding hydrogens is 419 g/mol. The maximum absolute atomic E-state index is 17.6. The molecule has 3 saturated carbocycles. The second-order valence-corrected chi connectivity index (χ2v) is 12.1. The van der Waals surface area contributed by atoms with Crippen molar-refractivity contribution in [1.29, 1.82) is 0 Å². The van der Waals surface area contributed by atoms with Gasteiger partial charge in [0, 0.05) is 16.6 Å². The Morgan fingerprint density at radius 3 is 2.73 bits per heavy atom. The molecule has 4 aliphatic carbocycles. The first-order valence-corrected chi connectivity index (χ1v) is 13.6. The predicted molar refractivity (Wildman–Crippen MR) is 123 cm³/mol. The summed E-state index contributed by atoms with van der Waals surface area (Å²) in [7, 11) is 0. The van der Waals surface area contributed by atoms with Gasteiger partial charge in [-0.25, -0.2) is 4.39 Å². The van der Waals surface area contributed by atoms with Crippen molar-refractivity contribution in [2.24, 2.45) is 22.7 Å². The van der Waals surface area contributed by atoms with Gasteiger partial charge < -0.3 is 4.74 Å². The predicted octanol–water partition coefficient (Wildman–Crippen LogP) is 5.39. The molecule has 166 valence electrons. The van der Waals surface area contributed by atoms with E-state index in [9.17, 15) is 9.59 Å². The van der Waals surface area contributed by atoms with E-state index in [0.717, 1.165) is 37.0 Å². The number of hydrogen-bond acceptors (Lipinski definition) is 5. The number of thioether (sulfide) groups is 2. The number of alkyl halides is 1. The molecule has 3 fully saturated rings. The van der Waals surface area contributed by atoms with Crippen LogP contribution in [0.25, 0.3) is 0 Å². The molecule has 2 unspecified atom stereocenters. The molecule has 0 saturated heterocycles. The van der Waals surface area contributed by atoms with E-state index in [1.807, 2.05) is 25.6 Å². The van der Waals surface area contributed by atoms with Gasteiger partial charge in [0.25, 0.3) is 0 Å². The van der Waals surface area contributed by atoms with Crippen molar-refractivity contribution in [2.45, 2.75) is 69.9 Å². The van der Waals surface area contributed by atoms with Crippen LogP contribution in [0.2, 0.25) is 0 Å². The number of esters is 1. The quantitative estimate of drug-likeness (QED) is 0.523. The van der Waals surface area contributed by atoms with Crippen LogP contribution in [0.15, 0.2) is 23.8 Å². The SMILES string of the molecule is CCSCC(=O)O[C@H]1C[C@]2(C)C(SC)CC[C@H]2[C@@H]2CCC3=CC(=O)C=C[C@]3(C)C12F. The highest BCUT2D eigenvalue weighted by Gasteiger charge is 2.71. The Morgan fingerprint density at radius 2 is 2.03 bits per heavy atom. The summed E-state index contributed by atoms with van der Waals surface area (Å²) >= 11 is 3.38. The zero-order chi connectivity index (χ0) is 21.7. The number of allylic oxidation sites excluding steroid dienone is 4. The van der Waals surface area contributed by atoms with Gasteiger partial charge in [-0.05, 0) is 74.5 Å². The van der Waals surface area contributed by atoms with Crippen LogP contribution in [-0.2, 0) is 14.3 Å². The van der Waals surface area contributed by atoms with E-state index in [-0.39, 0.29) is 34.8 Å². The minimum absolute atomic E-state index is 0.0334. The lowest BCUT2D eigenvalue weighted by Crippen LogP contribution is -2.67. The van der Waals surface area contributed by atoms with Crippen molar-refractivity contribution < 1.29 is 18.7 Å². The Bertz CT molecular complexity index is 795. The van der Waals surface area contributed by atoms with Crippen LogP contribution in [0, 0.1) is 22.7 Å². The molecular formula is C24H33FO3S2. The number of ether oxygens (including phenoxy) is 1. The Morgan fingerprint density at radius 1 is 1.27 bits per heavy atom. The summed E-state index contributed by atoms with van der Waals surface area (Å²) in [5.74, 6) is 0.815. The molecule has 3 nitrogen and oxygen atoms in total. The van der Waals surface area contributed by atoms with E-state index in [1.165, 1.54) is 17.8 Å². The number of rotatable bonds is 5. The molecule has 7 atom stereocenters. The molecule has 0 bridgehead atoms. The van der Waals surface area contributed by atoms with Gasteiger partial charge in [-0.2, -0.15) is 23.5 Å². The lowest BCUT2D eigenvalue weighted by Gasteiger charge is -2.62. The summed E-state index contributed by atoms with van der Waals surface area (Å²) in [5, 5.41) is 0.464. The average molecular weight is 453 g/mol. The number of hydrogen-bond donors (Lipinski definition) is 0. The van der Waals surface area contributed by atoms with E-state index in [0.29, 0.717) is 11.7 Å². The third-order valence-corrected chi connectivity index (χ3v) is 10.7. The summed E-state index contributed by atoms with van der Waals surface area (Å²) in [6.07, 6.45) is 10.4. The summed E-state index contributed by atoms with van der Waals surface area (Å²) in [5.41, 5.74) is -1.75. The maximum atomic E-state index is 17.6. The third-order valence-electron chi connectivity index (χ3n) is 8.51. The van der Waals surface area contributed by atoms with Crippen LogP contribution in [0.3, 0.4) is 0 Å². The molecule has 4 aliphatic rings. The van der Waals surface area contributed by atoms with Crippen LogP contribution in [0.4, 0.5) is 4.39 Å². The molecule has 0 aliphatic heterocycles. The second kappa shape index (κ2) is 7.99. The van der Waals surface area contributed by atoms with Crippen LogP contribution in [0.5, 0.6) is 0 Å². The molecule has 0 heterocycles. The first-order valence-electron chi connectivity index (χ1n) is 11.1. The third kappa shape index (κ3) is 3.15. The average Bonchev–Trinajstić information content (AvgIpc) is 3.04. The molecule has 0 spiro atoms.